The van der Waals surface area contributed by atoms with Crippen molar-refractivity contribution in [2.24, 2.45) is 0 Å². The molecular formula is C20H22ClN3O3. The largest absolute Gasteiger partial charge is 0.444 e. The van der Waals surface area contributed by atoms with E-state index in [1.165, 1.54) is 4.90 Å². The Labute approximate surface area is 163 Å². The number of fused-ring (bicyclic) bond motifs is 1. The van der Waals surface area contributed by atoms with E-state index in [1.54, 1.807) is 18.5 Å². The van der Waals surface area contributed by atoms with Gasteiger partial charge in [-0.15, -0.1) is 0 Å². The maximum absolute atomic E-state index is 12.3. The summed E-state index contributed by atoms with van der Waals surface area (Å²) < 4.78 is 5.40. The molecule has 2 aromatic rings. The number of amides is 1. The predicted octanol–water partition coefficient (Wildman–Crippen LogP) is 3.40. The van der Waals surface area contributed by atoms with Crippen molar-refractivity contribution in [2.75, 3.05) is 13.1 Å². The average molecular weight is 388 g/mol. The van der Waals surface area contributed by atoms with Gasteiger partial charge in [0.15, 0.2) is 0 Å². The van der Waals surface area contributed by atoms with Gasteiger partial charge in [0.1, 0.15) is 22.0 Å². The van der Waals surface area contributed by atoms with Gasteiger partial charge >= 0.3 is 6.09 Å². The van der Waals surface area contributed by atoms with Crippen molar-refractivity contribution in [1.29, 1.82) is 0 Å². The molecule has 1 fully saturated rings. The van der Waals surface area contributed by atoms with Crippen LogP contribution in [0.5, 0.6) is 0 Å². The Kier molecular flexibility index (Phi) is 5.27. The van der Waals surface area contributed by atoms with E-state index >= 15 is 0 Å². The van der Waals surface area contributed by atoms with Crippen LogP contribution in [-0.4, -0.2) is 50.4 Å². The third kappa shape index (κ3) is 4.88. The first-order valence-electron chi connectivity index (χ1n) is 8.79. The molecule has 3 rings (SSSR count). The first-order valence-corrected chi connectivity index (χ1v) is 9.17. The lowest BCUT2D eigenvalue weighted by atomic mass is 9.93. The summed E-state index contributed by atoms with van der Waals surface area (Å²) in [5.41, 5.74) is -1.38. The van der Waals surface area contributed by atoms with Gasteiger partial charge < -0.3 is 14.7 Å². The van der Waals surface area contributed by atoms with E-state index in [0.717, 1.165) is 10.8 Å². The molecule has 1 saturated heterocycles. The van der Waals surface area contributed by atoms with E-state index in [0.29, 0.717) is 30.2 Å². The molecule has 0 aliphatic carbocycles. The number of rotatable bonds is 0. The molecule has 0 spiro atoms. The van der Waals surface area contributed by atoms with E-state index in [2.05, 4.69) is 21.8 Å². The van der Waals surface area contributed by atoms with Gasteiger partial charge in [0.25, 0.3) is 0 Å². The van der Waals surface area contributed by atoms with E-state index in [4.69, 9.17) is 16.3 Å². The van der Waals surface area contributed by atoms with Crippen LogP contribution in [0.4, 0.5) is 4.79 Å². The molecule has 0 radical (unpaired) electrons. The minimum Gasteiger partial charge on any atom is -0.444 e. The van der Waals surface area contributed by atoms with Crippen LogP contribution in [0.25, 0.3) is 10.8 Å². The number of nitrogens with zero attached hydrogens (tertiary/aromatic N) is 3. The summed E-state index contributed by atoms with van der Waals surface area (Å²) in [5.74, 6) is 5.86. The van der Waals surface area contributed by atoms with Crippen molar-refractivity contribution in [3.63, 3.8) is 0 Å². The highest BCUT2D eigenvalue weighted by Crippen LogP contribution is 2.23. The van der Waals surface area contributed by atoms with Gasteiger partial charge in [-0.1, -0.05) is 17.5 Å². The first kappa shape index (κ1) is 19.4. The molecule has 6 nitrogen and oxygen atoms in total. The molecule has 1 atom stereocenters. The number of hydrogen-bond acceptors (Lipinski definition) is 5. The molecule has 27 heavy (non-hydrogen) atoms. The zero-order valence-corrected chi connectivity index (χ0v) is 16.4. The Morgan fingerprint density at radius 1 is 1.41 bits per heavy atom. The Morgan fingerprint density at radius 2 is 2.19 bits per heavy atom. The van der Waals surface area contributed by atoms with Crippen molar-refractivity contribution >= 4 is 28.5 Å². The summed E-state index contributed by atoms with van der Waals surface area (Å²) in [6, 6.07) is 3.52. The number of pyridine rings is 2. The van der Waals surface area contributed by atoms with Crippen LogP contribution in [-0.2, 0) is 4.74 Å². The van der Waals surface area contributed by atoms with Gasteiger partial charge in [0.05, 0.1) is 6.54 Å². The smallest absolute Gasteiger partial charge is 0.410 e. The van der Waals surface area contributed by atoms with Gasteiger partial charge in [-0.3, -0.25) is 0 Å². The number of hydrogen-bond donors (Lipinski definition) is 1. The van der Waals surface area contributed by atoms with Gasteiger partial charge in [-0.2, -0.15) is 0 Å². The second-order valence-corrected chi connectivity index (χ2v) is 8.06. The molecule has 0 bridgehead atoms. The van der Waals surface area contributed by atoms with Crippen molar-refractivity contribution < 1.29 is 14.6 Å². The van der Waals surface area contributed by atoms with E-state index < -0.39 is 17.3 Å². The standard InChI is InChI=1S/C20H22ClN3O3/c1-19(2,3)27-18(25)24-10-4-7-20(26,13-24)8-5-16-15-11-17(21)23-12-14(15)6-9-22-16/h6,9,11-12,26H,4,7,10,13H2,1-3H3. The Morgan fingerprint density at radius 3 is 2.93 bits per heavy atom. The first-order chi connectivity index (χ1) is 12.7. The third-order valence-electron chi connectivity index (χ3n) is 4.15. The number of carbonyl (C=O) groups excluding carboxylic acids is 1. The lowest BCUT2D eigenvalue weighted by molar-refractivity contribution is -0.0153. The minimum absolute atomic E-state index is 0.0992. The SMILES string of the molecule is CC(C)(C)OC(=O)N1CCCC(O)(C#Cc2nccc3cnc(Cl)cc23)C1. The van der Waals surface area contributed by atoms with Crippen molar-refractivity contribution in [2.45, 2.75) is 44.8 Å². The lowest BCUT2D eigenvalue weighted by Gasteiger charge is -2.36. The summed E-state index contributed by atoms with van der Waals surface area (Å²) in [6.07, 6.45) is 3.97. The van der Waals surface area contributed by atoms with E-state index in [-0.39, 0.29) is 6.54 Å². The van der Waals surface area contributed by atoms with Crippen molar-refractivity contribution in [3.05, 3.63) is 35.4 Å². The van der Waals surface area contributed by atoms with Gasteiger partial charge in [0, 0.05) is 29.7 Å². The van der Waals surface area contributed by atoms with Crippen LogP contribution in [0.2, 0.25) is 5.15 Å². The fourth-order valence-corrected chi connectivity index (χ4v) is 3.09. The van der Waals surface area contributed by atoms with Crippen molar-refractivity contribution in [3.8, 4) is 11.8 Å². The van der Waals surface area contributed by atoms with Crippen LogP contribution in [0.15, 0.2) is 24.5 Å². The van der Waals surface area contributed by atoms with Crippen LogP contribution in [0, 0.1) is 11.8 Å². The molecule has 142 valence electrons. The number of ether oxygens (including phenoxy) is 1. The van der Waals surface area contributed by atoms with Crippen LogP contribution >= 0.6 is 11.6 Å². The lowest BCUT2D eigenvalue weighted by Crippen LogP contribution is -2.50. The minimum atomic E-state index is -1.31. The highest BCUT2D eigenvalue weighted by molar-refractivity contribution is 6.30. The second kappa shape index (κ2) is 7.34. The predicted molar refractivity (Wildman–Crippen MR) is 103 cm³/mol. The number of carbonyl (C=O) groups is 1. The fraction of sp³-hybridized carbons (Fsp3) is 0.450. The number of likely N-dealkylation sites (tertiary alicyclic amines) is 1. The summed E-state index contributed by atoms with van der Waals surface area (Å²) in [6.45, 7) is 6.07. The fourth-order valence-electron chi connectivity index (χ4n) is 2.94. The quantitative estimate of drug-likeness (QED) is 0.554. The second-order valence-electron chi connectivity index (χ2n) is 7.67. The molecule has 0 saturated carbocycles. The van der Waals surface area contributed by atoms with Gasteiger partial charge in [-0.25, -0.2) is 14.8 Å². The van der Waals surface area contributed by atoms with Crippen LogP contribution in [0.3, 0.4) is 0 Å². The zero-order valence-electron chi connectivity index (χ0n) is 15.6. The van der Waals surface area contributed by atoms with Gasteiger partial charge in [0.2, 0.25) is 0 Å². The molecule has 1 aliphatic heterocycles. The third-order valence-corrected chi connectivity index (χ3v) is 4.36. The highest BCUT2D eigenvalue weighted by atomic mass is 35.5. The molecule has 0 aromatic carbocycles. The average Bonchev–Trinajstić information content (AvgIpc) is 2.58. The number of aromatic nitrogens is 2. The molecule has 1 amide bonds. The summed E-state index contributed by atoms with van der Waals surface area (Å²) in [4.78, 5) is 22.1. The normalized spacial score (nSPS) is 20.1. The van der Waals surface area contributed by atoms with Crippen molar-refractivity contribution in [1.82, 2.24) is 14.9 Å². The van der Waals surface area contributed by atoms with Crippen LogP contribution < -0.4 is 0 Å². The monoisotopic (exact) mass is 387 g/mol. The summed E-state index contributed by atoms with van der Waals surface area (Å²) in [7, 11) is 0. The molecule has 3 heterocycles. The highest BCUT2D eigenvalue weighted by Gasteiger charge is 2.35. The molecule has 1 unspecified atom stereocenters. The molecular weight excluding hydrogens is 366 g/mol. The van der Waals surface area contributed by atoms with E-state index in [9.17, 15) is 9.90 Å². The zero-order chi connectivity index (χ0) is 19.7. The summed E-state index contributed by atoms with van der Waals surface area (Å²) >= 11 is 5.98. The number of halogens is 1. The molecule has 7 heteroatoms. The van der Waals surface area contributed by atoms with Gasteiger partial charge in [-0.05, 0) is 51.7 Å². The Hall–Kier alpha value is -2.36. The Balaban J connectivity index is 1.84. The number of aliphatic hydroxyl groups is 1. The topological polar surface area (TPSA) is 75.5 Å². The maximum Gasteiger partial charge on any atom is 0.410 e. The number of piperidine rings is 1. The summed E-state index contributed by atoms with van der Waals surface area (Å²) in [5, 5.41) is 12.9. The Bertz CT molecular complexity index is 929. The van der Waals surface area contributed by atoms with Crippen LogP contribution in [0.1, 0.15) is 39.3 Å². The van der Waals surface area contributed by atoms with E-state index in [1.807, 2.05) is 26.8 Å². The maximum atomic E-state index is 12.3. The molecule has 1 aliphatic rings. The number of β-amino-alcohol motifs (C(OH)–C–C–N with tert-alkyl or cyclic N) is 1. The molecule has 2 aromatic heterocycles. The molecule has 1 N–H and O–H groups in total.